The second kappa shape index (κ2) is 7.64. The first-order valence-electron chi connectivity index (χ1n) is 10.2. The third-order valence-electron chi connectivity index (χ3n) is 6.73. The van der Waals surface area contributed by atoms with Crippen LogP contribution in [0, 0.1) is 30.6 Å². The van der Waals surface area contributed by atoms with E-state index in [1.54, 1.807) is 42.5 Å². The van der Waals surface area contributed by atoms with Crippen molar-refractivity contribution in [2.45, 2.75) is 24.3 Å². The lowest BCUT2D eigenvalue weighted by molar-refractivity contribution is -0.145. The van der Waals surface area contributed by atoms with E-state index in [2.05, 4.69) is 26.6 Å². The molecule has 0 unspecified atom stereocenters. The van der Waals surface area contributed by atoms with E-state index in [0.29, 0.717) is 22.0 Å². The van der Waals surface area contributed by atoms with Gasteiger partial charge in [-0.05, 0) is 55.2 Å². The first-order chi connectivity index (χ1) is 14.8. The Labute approximate surface area is 192 Å². The van der Waals surface area contributed by atoms with Gasteiger partial charge in [-0.3, -0.25) is 14.4 Å². The Kier molecular flexibility index (Phi) is 5.06. The molecule has 31 heavy (non-hydrogen) atoms. The number of anilines is 2. The van der Waals surface area contributed by atoms with Gasteiger partial charge in [0.15, 0.2) is 0 Å². The molecule has 1 saturated heterocycles. The van der Waals surface area contributed by atoms with Gasteiger partial charge >= 0.3 is 5.97 Å². The average molecular weight is 504 g/mol. The number of fused-ring (bicyclic) bond motifs is 1. The number of hydrogen-bond donors (Lipinski definition) is 2. The molecule has 2 bridgehead atoms. The summed E-state index contributed by atoms with van der Waals surface area (Å²) >= 11 is 9.75. The quantitative estimate of drug-likeness (QED) is 0.478. The predicted molar refractivity (Wildman–Crippen MR) is 120 cm³/mol. The first-order valence-corrected chi connectivity index (χ1v) is 11.5. The molecule has 2 N–H and O–H groups in total. The van der Waals surface area contributed by atoms with E-state index in [0.717, 1.165) is 12.0 Å². The van der Waals surface area contributed by atoms with Gasteiger partial charge in [0, 0.05) is 27.9 Å². The van der Waals surface area contributed by atoms with Crippen molar-refractivity contribution in [1.82, 2.24) is 0 Å². The van der Waals surface area contributed by atoms with Crippen LogP contribution in [0.15, 0.2) is 42.5 Å². The predicted octanol–water partition coefficient (Wildman–Crippen LogP) is 4.41. The summed E-state index contributed by atoms with van der Waals surface area (Å²) in [5, 5.41) is 6.33. The minimum absolute atomic E-state index is 0.00833. The number of ether oxygens (including phenoxy) is 1. The third-order valence-corrected chi connectivity index (χ3v) is 8.34. The number of carbonyl (C=O) groups excluding carboxylic acids is 3. The van der Waals surface area contributed by atoms with E-state index in [-0.39, 0.29) is 46.5 Å². The summed E-state index contributed by atoms with van der Waals surface area (Å²) in [6.45, 7) is 1.83. The molecule has 2 aromatic carbocycles. The number of amides is 2. The van der Waals surface area contributed by atoms with Gasteiger partial charge in [0.2, 0.25) is 5.91 Å². The molecule has 1 aliphatic heterocycles. The number of hydrogen-bond acceptors (Lipinski definition) is 4. The smallest absolute Gasteiger partial charge is 0.310 e. The highest BCUT2D eigenvalue weighted by molar-refractivity contribution is 9.09. The number of esters is 1. The molecule has 6 atom stereocenters. The van der Waals surface area contributed by atoms with Crippen molar-refractivity contribution in [2.75, 3.05) is 10.6 Å². The molecule has 2 amide bonds. The fourth-order valence-corrected chi connectivity index (χ4v) is 6.45. The number of halogens is 2. The molecule has 0 aromatic heterocycles. The third kappa shape index (κ3) is 3.34. The van der Waals surface area contributed by atoms with Crippen molar-refractivity contribution in [1.29, 1.82) is 0 Å². The van der Waals surface area contributed by atoms with Gasteiger partial charge in [0.25, 0.3) is 5.91 Å². The molecule has 5 rings (SSSR count). The summed E-state index contributed by atoms with van der Waals surface area (Å²) in [5.41, 5.74) is 2.33. The number of alkyl halides is 1. The standard InChI is InChI=1S/C23H20BrClN2O4/c1-10-15(25)6-3-7-16(10)27-21(28)11-4-2-5-12(8-11)26-22(29)17-13-9-14-18(17)23(30)31-20(14)19(13)24/h2-8,13-14,17-20H,9H2,1H3,(H,26,29)(H,27,28)/t13-,14-,17-,18+,19+,20+/m1/s1. The Bertz CT molecular complexity index is 1110. The van der Waals surface area contributed by atoms with E-state index in [1.807, 2.05) is 6.92 Å². The van der Waals surface area contributed by atoms with Crippen LogP contribution in [0.2, 0.25) is 5.02 Å². The monoisotopic (exact) mass is 502 g/mol. The van der Waals surface area contributed by atoms with Crippen LogP contribution in [-0.2, 0) is 14.3 Å². The Morgan fingerprint density at radius 1 is 1.13 bits per heavy atom. The van der Waals surface area contributed by atoms with Crippen LogP contribution in [0.25, 0.3) is 0 Å². The van der Waals surface area contributed by atoms with Crippen LogP contribution in [0.1, 0.15) is 22.3 Å². The Hall–Kier alpha value is -2.38. The van der Waals surface area contributed by atoms with Crippen molar-refractivity contribution in [3.8, 4) is 0 Å². The number of nitrogens with one attached hydrogen (secondary N) is 2. The normalized spacial score (nSPS) is 30.2. The fraction of sp³-hybridized carbons (Fsp3) is 0.348. The van der Waals surface area contributed by atoms with E-state index < -0.39 is 5.92 Å². The Balaban J connectivity index is 1.32. The molecule has 0 radical (unpaired) electrons. The van der Waals surface area contributed by atoms with Crippen LogP contribution >= 0.6 is 27.5 Å². The minimum atomic E-state index is -0.424. The van der Waals surface area contributed by atoms with Crippen LogP contribution in [0.3, 0.4) is 0 Å². The summed E-state index contributed by atoms with van der Waals surface area (Å²) in [7, 11) is 0. The molecule has 3 aliphatic rings. The molecule has 8 heteroatoms. The van der Waals surface area contributed by atoms with Gasteiger partial charge in [0.05, 0.1) is 16.7 Å². The Morgan fingerprint density at radius 3 is 2.71 bits per heavy atom. The lowest BCUT2D eigenvalue weighted by Crippen LogP contribution is -2.40. The average Bonchev–Trinajstić information content (AvgIpc) is 3.36. The molecular weight excluding hydrogens is 484 g/mol. The van der Waals surface area contributed by atoms with Crippen LogP contribution in [0.5, 0.6) is 0 Å². The fourth-order valence-electron chi connectivity index (χ4n) is 5.23. The lowest BCUT2D eigenvalue weighted by atomic mass is 9.79. The second-order valence-corrected chi connectivity index (χ2v) is 9.86. The van der Waals surface area contributed by atoms with Crippen LogP contribution in [-0.4, -0.2) is 28.7 Å². The van der Waals surface area contributed by atoms with E-state index >= 15 is 0 Å². The molecule has 2 aliphatic carbocycles. The summed E-state index contributed by atoms with van der Waals surface area (Å²) in [4.78, 5) is 38.1. The Morgan fingerprint density at radius 2 is 1.90 bits per heavy atom. The summed E-state index contributed by atoms with van der Waals surface area (Å²) in [6.07, 6.45) is 0.699. The molecule has 1 heterocycles. The molecule has 0 spiro atoms. The van der Waals surface area contributed by atoms with Crippen molar-refractivity contribution in [3.05, 3.63) is 58.6 Å². The number of rotatable bonds is 4. The van der Waals surface area contributed by atoms with Gasteiger partial charge in [-0.15, -0.1) is 0 Å². The van der Waals surface area contributed by atoms with Gasteiger partial charge < -0.3 is 15.4 Å². The summed E-state index contributed by atoms with van der Waals surface area (Å²) in [5.74, 6) is -1.40. The molecule has 160 valence electrons. The van der Waals surface area contributed by atoms with E-state index in [1.165, 1.54) is 0 Å². The highest BCUT2D eigenvalue weighted by atomic mass is 79.9. The van der Waals surface area contributed by atoms with Gasteiger partial charge in [-0.1, -0.05) is 39.7 Å². The molecular formula is C23H20BrClN2O4. The van der Waals surface area contributed by atoms with Gasteiger partial charge in [-0.2, -0.15) is 0 Å². The SMILES string of the molecule is Cc1c(Cl)cccc1NC(=O)c1cccc(NC(=O)[C@@H]2[C@H]3C[C@H]4[C@H](OC(=O)[C@@H]42)[C@H]3Br)c1. The van der Waals surface area contributed by atoms with Crippen molar-refractivity contribution >= 4 is 56.7 Å². The van der Waals surface area contributed by atoms with Crippen molar-refractivity contribution in [2.24, 2.45) is 23.7 Å². The largest absolute Gasteiger partial charge is 0.461 e. The molecule has 2 saturated carbocycles. The second-order valence-electron chi connectivity index (χ2n) is 8.40. The maximum Gasteiger partial charge on any atom is 0.310 e. The summed E-state index contributed by atoms with van der Waals surface area (Å²) < 4.78 is 5.48. The summed E-state index contributed by atoms with van der Waals surface area (Å²) in [6, 6.07) is 12.1. The van der Waals surface area contributed by atoms with Crippen molar-refractivity contribution < 1.29 is 19.1 Å². The zero-order chi connectivity index (χ0) is 21.9. The van der Waals surface area contributed by atoms with E-state index in [4.69, 9.17) is 16.3 Å². The highest BCUT2D eigenvalue weighted by Crippen LogP contribution is 2.60. The number of benzene rings is 2. The zero-order valence-corrected chi connectivity index (χ0v) is 18.9. The van der Waals surface area contributed by atoms with Crippen molar-refractivity contribution in [3.63, 3.8) is 0 Å². The molecule has 2 aromatic rings. The molecule has 6 nitrogen and oxygen atoms in total. The lowest BCUT2D eigenvalue weighted by Gasteiger charge is -2.27. The van der Waals surface area contributed by atoms with Crippen LogP contribution in [0.4, 0.5) is 11.4 Å². The zero-order valence-electron chi connectivity index (χ0n) is 16.6. The first kappa shape index (κ1) is 20.5. The maximum absolute atomic E-state index is 13.1. The van der Waals surface area contributed by atoms with Gasteiger partial charge in [0.1, 0.15) is 6.10 Å². The number of carbonyl (C=O) groups is 3. The van der Waals surface area contributed by atoms with E-state index in [9.17, 15) is 14.4 Å². The molecule has 3 fully saturated rings. The van der Waals surface area contributed by atoms with Gasteiger partial charge in [-0.25, -0.2) is 0 Å². The topological polar surface area (TPSA) is 84.5 Å². The highest BCUT2D eigenvalue weighted by Gasteiger charge is 2.67. The minimum Gasteiger partial charge on any atom is -0.461 e. The van der Waals surface area contributed by atoms with Crippen LogP contribution < -0.4 is 10.6 Å². The maximum atomic E-state index is 13.1.